The maximum atomic E-state index is 14.3. The highest BCUT2D eigenvalue weighted by Crippen LogP contribution is 2.44. The number of esters is 2. The zero-order valence-corrected chi connectivity index (χ0v) is 23.2. The molecule has 0 bridgehead atoms. The molecule has 9 heteroatoms. The number of fused-ring (bicyclic) bond motifs is 3. The van der Waals surface area contributed by atoms with Gasteiger partial charge in [-0.1, -0.05) is 11.6 Å². The van der Waals surface area contributed by atoms with Crippen LogP contribution in [0.15, 0.2) is 39.1 Å². The van der Waals surface area contributed by atoms with Gasteiger partial charge in [0.25, 0.3) is 0 Å². The first-order chi connectivity index (χ1) is 18.5. The van der Waals surface area contributed by atoms with Crippen molar-refractivity contribution in [1.82, 2.24) is 0 Å². The fourth-order valence-corrected chi connectivity index (χ4v) is 4.45. The molecule has 0 unspecified atom stereocenters. The molecule has 1 aliphatic rings. The van der Waals surface area contributed by atoms with E-state index < -0.39 is 29.6 Å². The number of ether oxygens (including phenoxy) is 5. The summed E-state index contributed by atoms with van der Waals surface area (Å²) in [6.07, 6.45) is 5.89. The first-order valence-electron chi connectivity index (χ1n) is 12.6. The molecular formula is C30H32O9. The molecule has 0 saturated heterocycles. The van der Waals surface area contributed by atoms with Gasteiger partial charge in [-0.15, -0.1) is 0 Å². The van der Waals surface area contributed by atoms with Gasteiger partial charge in [-0.3, -0.25) is 9.59 Å². The first-order valence-corrected chi connectivity index (χ1v) is 12.6. The van der Waals surface area contributed by atoms with Gasteiger partial charge in [0, 0.05) is 24.6 Å². The Hall–Kier alpha value is -4.27. The molecule has 0 radical (unpaired) electrons. The summed E-state index contributed by atoms with van der Waals surface area (Å²) in [5.74, 6) is -0.168. The molecule has 39 heavy (non-hydrogen) atoms. The van der Waals surface area contributed by atoms with Crippen molar-refractivity contribution in [2.45, 2.75) is 53.6 Å². The van der Waals surface area contributed by atoms with Gasteiger partial charge in [-0.05, 0) is 53.2 Å². The second-order valence-electron chi connectivity index (χ2n) is 9.89. The highest BCUT2D eigenvalue weighted by molar-refractivity contribution is 6.00. The van der Waals surface area contributed by atoms with Crippen LogP contribution in [0.2, 0.25) is 0 Å². The molecule has 206 valence electrons. The quantitative estimate of drug-likeness (QED) is 0.159. The van der Waals surface area contributed by atoms with Crippen LogP contribution >= 0.6 is 0 Å². The fourth-order valence-electron chi connectivity index (χ4n) is 4.45. The molecule has 0 spiro atoms. The predicted octanol–water partition coefficient (Wildman–Crippen LogP) is 5.51. The third kappa shape index (κ3) is 5.62. The van der Waals surface area contributed by atoms with E-state index in [-0.39, 0.29) is 45.8 Å². The lowest BCUT2D eigenvalue weighted by Gasteiger charge is -2.29. The molecule has 1 aliphatic heterocycles. The van der Waals surface area contributed by atoms with Crippen LogP contribution in [0, 0.1) is 0 Å². The van der Waals surface area contributed by atoms with Crippen LogP contribution in [0.3, 0.4) is 0 Å². The Bertz CT molecular complexity index is 1580. The molecule has 0 fully saturated rings. The summed E-state index contributed by atoms with van der Waals surface area (Å²) in [6, 6.07) is 3.09. The van der Waals surface area contributed by atoms with E-state index in [9.17, 15) is 14.4 Å². The van der Waals surface area contributed by atoms with Crippen LogP contribution in [-0.4, -0.2) is 37.9 Å². The van der Waals surface area contributed by atoms with Crippen LogP contribution in [0.4, 0.5) is 0 Å². The Morgan fingerprint density at radius 2 is 1.77 bits per heavy atom. The SMILES string of the molecule is CCOC(=O)COc1c2c(cc3oc4cc(OC(C)=O)c(OC)c(CC=C(C)C)c4c(=O)c13)OC(C)(C)C=C2. The molecule has 2 heterocycles. The van der Waals surface area contributed by atoms with Crippen LogP contribution in [0.1, 0.15) is 52.7 Å². The zero-order valence-electron chi connectivity index (χ0n) is 23.2. The molecule has 0 N–H and O–H groups in total. The fraction of sp³-hybridized carbons (Fsp3) is 0.367. The van der Waals surface area contributed by atoms with Gasteiger partial charge < -0.3 is 28.1 Å². The third-order valence-corrected chi connectivity index (χ3v) is 6.06. The second-order valence-corrected chi connectivity index (χ2v) is 9.89. The largest absolute Gasteiger partial charge is 0.493 e. The van der Waals surface area contributed by atoms with Crippen LogP contribution < -0.4 is 24.4 Å². The average molecular weight is 537 g/mol. The molecule has 0 aliphatic carbocycles. The summed E-state index contributed by atoms with van der Waals surface area (Å²) in [5, 5.41) is 0.383. The van der Waals surface area contributed by atoms with Gasteiger partial charge in [0.1, 0.15) is 33.7 Å². The van der Waals surface area contributed by atoms with Gasteiger partial charge in [0.2, 0.25) is 5.43 Å². The number of carbonyl (C=O) groups is 2. The molecule has 3 aromatic rings. The molecule has 0 atom stereocenters. The minimum atomic E-state index is -0.621. The Morgan fingerprint density at radius 3 is 2.41 bits per heavy atom. The monoisotopic (exact) mass is 536 g/mol. The second kappa shape index (κ2) is 10.8. The van der Waals surface area contributed by atoms with E-state index in [2.05, 4.69) is 0 Å². The Labute approximate surface area is 225 Å². The van der Waals surface area contributed by atoms with E-state index in [0.29, 0.717) is 23.3 Å². The van der Waals surface area contributed by atoms with Gasteiger partial charge in [0.15, 0.2) is 18.1 Å². The minimum absolute atomic E-state index is 0.134. The van der Waals surface area contributed by atoms with E-state index >= 15 is 0 Å². The summed E-state index contributed by atoms with van der Waals surface area (Å²) in [7, 11) is 1.44. The normalized spacial score (nSPS) is 13.4. The standard InChI is InChI=1S/C30H32O9/c1-8-35-24(32)15-36-29-18-11-12-30(5,6)39-20(18)13-22-26(29)27(33)25-19(10-9-16(2)3)28(34-7)23(37-17(4)31)14-21(25)38-22/h9,11-14H,8,10,15H2,1-7H3. The van der Waals surface area contributed by atoms with E-state index in [1.807, 2.05) is 39.8 Å². The van der Waals surface area contributed by atoms with Gasteiger partial charge in [0.05, 0.1) is 24.7 Å². The molecule has 1 aromatic heterocycles. The predicted molar refractivity (Wildman–Crippen MR) is 147 cm³/mol. The smallest absolute Gasteiger partial charge is 0.344 e. The number of hydrogen-bond acceptors (Lipinski definition) is 9. The Kier molecular flexibility index (Phi) is 7.72. The van der Waals surface area contributed by atoms with Crippen LogP contribution in [0.25, 0.3) is 28.0 Å². The molecule has 2 aromatic carbocycles. The summed E-state index contributed by atoms with van der Waals surface area (Å²) in [6.45, 7) is 10.4. The highest BCUT2D eigenvalue weighted by Gasteiger charge is 2.29. The Balaban J connectivity index is 2.10. The Morgan fingerprint density at radius 1 is 1.05 bits per heavy atom. The van der Waals surface area contributed by atoms with Crippen molar-refractivity contribution in [2.75, 3.05) is 20.3 Å². The summed E-state index contributed by atoms with van der Waals surface area (Å²) >= 11 is 0. The number of carbonyl (C=O) groups excluding carboxylic acids is 2. The summed E-state index contributed by atoms with van der Waals surface area (Å²) in [5.41, 5.74) is 1.38. The van der Waals surface area contributed by atoms with Crippen LogP contribution in [0.5, 0.6) is 23.0 Å². The van der Waals surface area contributed by atoms with Crippen molar-refractivity contribution in [3.8, 4) is 23.0 Å². The van der Waals surface area contributed by atoms with Crippen molar-refractivity contribution in [3.05, 3.63) is 51.2 Å². The lowest BCUT2D eigenvalue weighted by Crippen LogP contribution is -2.28. The van der Waals surface area contributed by atoms with E-state index in [1.165, 1.54) is 20.1 Å². The number of methoxy groups -OCH3 is 1. The third-order valence-electron chi connectivity index (χ3n) is 6.06. The summed E-state index contributed by atoms with van der Waals surface area (Å²) < 4.78 is 34.4. The number of allylic oxidation sites excluding steroid dienone is 2. The van der Waals surface area contributed by atoms with Crippen molar-refractivity contribution in [3.63, 3.8) is 0 Å². The number of benzene rings is 2. The molecular weight excluding hydrogens is 504 g/mol. The lowest BCUT2D eigenvalue weighted by molar-refractivity contribution is -0.145. The van der Waals surface area contributed by atoms with Gasteiger partial charge >= 0.3 is 11.9 Å². The van der Waals surface area contributed by atoms with E-state index in [0.717, 1.165) is 5.57 Å². The van der Waals surface area contributed by atoms with Crippen molar-refractivity contribution in [2.24, 2.45) is 0 Å². The first kappa shape index (κ1) is 27.8. The average Bonchev–Trinajstić information content (AvgIpc) is 2.84. The molecule has 9 nitrogen and oxygen atoms in total. The molecule has 0 amide bonds. The molecule has 4 rings (SSSR count). The van der Waals surface area contributed by atoms with Gasteiger partial charge in [-0.25, -0.2) is 4.79 Å². The number of rotatable bonds is 8. The highest BCUT2D eigenvalue weighted by atomic mass is 16.6. The number of hydrogen-bond donors (Lipinski definition) is 0. The van der Waals surface area contributed by atoms with Crippen molar-refractivity contribution >= 4 is 40.0 Å². The van der Waals surface area contributed by atoms with Crippen molar-refractivity contribution in [1.29, 1.82) is 0 Å². The van der Waals surface area contributed by atoms with E-state index in [4.69, 9.17) is 28.1 Å². The van der Waals surface area contributed by atoms with Gasteiger partial charge in [-0.2, -0.15) is 0 Å². The van der Waals surface area contributed by atoms with Crippen LogP contribution in [-0.2, 0) is 20.7 Å². The zero-order chi connectivity index (χ0) is 28.5. The maximum Gasteiger partial charge on any atom is 0.344 e. The van der Waals surface area contributed by atoms with Crippen molar-refractivity contribution < 1.29 is 37.7 Å². The minimum Gasteiger partial charge on any atom is -0.493 e. The topological polar surface area (TPSA) is 111 Å². The molecule has 0 saturated carbocycles. The van der Waals surface area contributed by atoms with E-state index in [1.54, 1.807) is 19.1 Å². The lowest BCUT2D eigenvalue weighted by atomic mass is 9.97. The maximum absolute atomic E-state index is 14.3. The summed E-state index contributed by atoms with van der Waals surface area (Å²) in [4.78, 5) is 38.3.